The topological polar surface area (TPSA) is 59.0 Å². The molecule has 1 N–H and O–H groups in total. The highest BCUT2D eigenvalue weighted by Crippen LogP contribution is 2.36. The number of hydrogen-bond acceptors (Lipinski definition) is 4. The zero-order valence-electron chi connectivity index (χ0n) is 19.5. The number of aliphatic carboxylic acids is 1. The Bertz CT molecular complexity index is 980. The fraction of sp³-hybridized carbons (Fsp3) is 0.480. The van der Waals surface area contributed by atoms with Crippen LogP contribution in [0.25, 0.3) is 0 Å². The van der Waals surface area contributed by atoms with Gasteiger partial charge in [-0.1, -0.05) is 37.3 Å². The minimum absolute atomic E-state index is 0.0271. The van der Waals surface area contributed by atoms with E-state index in [9.17, 15) is 36.2 Å². The second-order valence-corrected chi connectivity index (χ2v) is 8.82. The molecule has 2 aromatic rings. The van der Waals surface area contributed by atoms with Crippen molar-refractivity contribution in [3.63, 3.8) is 0 Å². The molecule has 198 valence electrons. The lowest BCUT2D eigenvalue weighted by Gasteiger charge is -2.38. The molecule has 5 nitrogen and oxygen atoms in total. The molecule has 3 atom stereocenters. The highest BCUT2D eigenvalue weighted by Gasteiger charge is 2.37. The van der Waals surface area contributed by atoms with Crippen molar-refractivity contribution >= 4 is 5.97 Å². The van der Waals surface area contributed by atoms with Crippen LogP contribution in [0.15, 0.2) is 48.5 Å². The van der Waals surface area contributed by atoms with E-state index in [1.54, 1.807) is 0 Å². The molecule has 1 unspecified atom stereocenters. The molecule has 2 aromatic carbocycles. The Hall–Kier alpha value is -2.63. The second kappa shape index (κ2) is 11.6. The van der Waals surface area contributed by atoms with Crippen molar-refractivity contribution < 1.29 is 45.7 Å². The molecule has 36 heavy (non-hydrogen) atoms. The normalized spacial score (nSPS) is 19.1. The molecule has 0 radical (unpaired) electrons. The number of nitrogens with zero attached hydrogens (tertiary/aromatic N) is 1. The average molecular weight is 519 g/mol. The van der Waals surface area contributed by atoms with Gasteiger partial charge in [-0.15, -0.1) is 0 Å². The van der Waals surface area contributed by atoms with E-state index in [4.69, 9.17) is 9.47 Å². The first kappa shape index (κ1) is 27.9. The predicted octanol–water partition coefficient (Wildman–Crippen LogP) is 5.79. The highest BCUT2D eigenvalue weighted by atomic mass is 19.4. The van der Waals surface area contributed by atoms with Gasteiger partial charge in [0, 0.05) is 13.1 Å². The largest absolute Gasteiger partial charge is 0.481 e. The molecule has 11 heteroatoms. The van der Waals surface area contributed by atoms with Gasteiger partial charge in [-0.2, -0.15) is 26.3 Å². The molecule has 3 rings (SSSR count). The van der Waals surface area contributed by atoms with Gasteiger partial charge in [0.25, 0.3) is 0 Å². The minimum Gasteiger partial charge on any atom is -0.481 e. The highest BCUT2D eigenvalue weighted by molar-refractivity contribution is 5.69. The molecule has 1 fully saturated rings. The van der Waals surface area contributed by atoms with Crippen LogP contribution in [0.4, 0.5) is 26.3 Å². The lowest BCUT2D eigenvalue weighted by atomic mass is 10.0. The van der Waals surface area contributed by atoms with Crippen LogP contribution >= 0.6 is 0 Å². The van der Waals surface area contributed by atoms with E-state index in [0.717, 1.165) is 5.56 Å². The summed E-state index contributed by atoms with van der Waals surface area (Å²) in [5.74, 6) is -1.91. The number of carboxylic acid groups (broad SMARTS) is 1. The van der Waals surface area contributed by atoms with Gasteiger partial charge in [0.1, 0.15) is 0 Å². The number of carboxylic acids is 1. The summed E-state index contributed by atoms with van der Waals surface area (Å²) in [5, 5.41) is 9.36. The van der Waals surface area contributed by atoms with E-state index < -0.39 is 48.1 Å². The molecule has 1 saturated heterocycles. The minimum atomic E-state index is -4.97. The molecule has 0 aliphatic carbocycles. The van der Waals surface area contributed by atoms with Crippen LogP contribution < -0.4 is 0 Å². The summed E-state index contributed by atoms with van der Waals surface area (Å²) >= 11 is 0. The van der Waals surface area contributed by atoms with Crippen LogP contribution in [-0.2, 0) is 33.2 Å². The number of carbonyl (C=O) groups is 1. The van der Waals surface area contributed by atoms with Gasteiger partial charge >= 0.3 is 18.3 Å². The number of hydrogen-bond donors (Lipinski definition) is 1. The maximum absolute atomic E-state index is 13.2. The van der Waals surface area contributed by atoms with E-state index in [2.05, 4.69) is 0 Å². The van der Waals surface area contributed by atoms with Crippen molar-refractivity contribution in [3.05, 3.63) is 70.8 Å². The van der Waals surface area contributed by atoms with Crippen LogP contribution in [0.2, 0.25) is 0 Å². The molecule has 1 heterocycles. The van der Waals surface area contributed by atoms with E-state index in [0.29, 0.717) is 31.9 Å². The van der Waals surface area contributed by atoms with E-state index in [1.807, 2.05) is 35.2 Å². The maximum Gasteiger partial charge on any atom is 0.416 e. The van der Waals surface area contributed by atoms with Gasteiger partial charge in [0.2, 0.25) is 0 Å². The summed E-state index contributed by atoms with van der Waals surface area (Å²) in [5.41, 5.74) is -2.19. The molecular formula is C25H27F6NO4. The first-order valence-corrected chi connectivity index (χ1v) is 11.3. The van der Waals surface area contributed by atoms with Gasteiger partial charge in [0.15, 0.2) is 0 Å². The van der Waals surface area contributed by atoms with Gasteiger partial charge in [0.05, 0.1) is 49.0 Å². The van der Waals surface area contributed by atoms with Crippen molar-refractivity contribution in [3.8, 4) is 0 Å². The van der Waals surface area contributed by atoms with E-state index in [1.165, 1.54) is 6.92 Å². The molecule has 1 aliphatic heterocycles. The number of ether oxygens (including phenoxy) is 2. The van der Waals surface area contributed by atoms with Crippen molar-refractivity contribution in [1.29, 1.82) is 0 Å². The first-order chi connectivity index (χ1) is 16.8. The molecule has 0 bridgehead atoms. The summed E-state index contributed by atoms with van der Waals surface area (Å²) < 4.78 is 90.7. The van der Waals surface area contributed by atoms with Crippen LogP contribution in [-0.4, -0.2) is 48.4 Å². The predicted molar refractivity (Wildman–Crippen MR) is 118 cm³/mol. The zero-order chi connectivity index (χ0) is 26.5. The Morgan fingerprint density at radius 1 is 1.08 bits per heavy atom. The van der Waals surface area contributed by atoms with Crippen LogP contribution in [0.5, 0.6) is 0 Å². The Morgan fingerprint density at radius 2 is 1.69 bits per heavy atom. The third kappa shape index (κ3) is 7.68. The Kier molecular flexibility index (Phi) is 9.02. The van der Waals surface area contributed by atoms with Crippen LogP contribution in [0.3, 0.4) is 0 Å². The maximum atomic E-state index is 13.2. The summed E-state index contributed by atoms with van der Waals surface area (Å²) in [4.78, 5) is 13.5. The Balaban J connectivity index is 1.82. The molecule has 0 amide bonds. The Morgan fingerprint density at radius 3 is 2.25 bits per heavy atom. The lowest BCUT2D eigenvalue weighted by Crippen LogP contribution is -2.44. The third-order valence-electron chi connectivity index (χ3n) is 6.03. The summed E-state index contributed by atoms with van der Waals surface area (Å²) in [6.45, 7) is 2.47. The lowest BCUT2D eigenvalue weighted by molar-refractivity contribution is -0.144. The SMILES string of the molecule is CC(C[C@@H](CN1CCOC[C@H]1c1ccccc1)OCc1cc(C(F)(F)F)cc(C(F)(F)F)c1)C(=O)O. The molecular weight excluding hydrogens is 492 g/mol. The summed E-state index contributed by atoms with van der Waals surface area (Å²) in [6.07, 6.45) is -10.7. The van der Waals surface area contributed by atoms with E-state index in [-0.39, 0.29) is 30.6 Å². The smallest absolute Gasteiger partial charge is 0.416 e. The van der Waals surface area contributed by atoms with Crippen LogP contribution in [0.1, 0.15) is 41.6 Å². The molecule has 1 aliphatic rings. The third-order valence-corrected chi connectivity index (χ3v) is 6.03. The second-order valence-electron chi connectivity index (χ2n) is 8.82. The standard InChI is InChI=1S/C25H27F6NO4/c1-16(23(33)34)9-21(13-32-7-8-35-15-22(32)18-5-3-2-4-6-18)36-14-17-10-19(24(26,27)28)12-20(11-17)25(29,30)31/h2-6,10-12,16,21-22H,7-9,13-15H2,1H3,(H,33,34)/t16?,21-,22-/m0/s1. The van der Waals surface area contributed by atoms with Gasteiger partial charge in [-0.05, 0) is 35.7 Å². The fourth-order valence-electron chi connectivity index (χ4n) is 4.11. The van der Waals surface area contributed by atoms with Crippen molar-refractivity contribution in [1.82, 2.24) is 4.90 Å². The number of morpholine rings is 1. The van der Waals surface area contributed by atoms with Gasteiger partial charge in [-0.25, -0.2) is 0 Å². The van der Waals surface area contributed by atoms with Gasteiger partial charge in [-0.3, -0.25) is 9.69 Å². The number of benzene rings is 2. The first-order valence-electron chi connectivity index (χ1n) is 11.3. The fourth-order valence-corrected chi connectivity index (χ4v) is 4.11. The van der Waals surface area contributed by atoms with Gasteiger partial charge < -0.3 is 14.6 Å². The number of rotatable bonds is 9. The molecule has 0 saturated carbocycles. The van der Waals surface area contributed by atoms with Crippen LogP contribution in [0, 0.1) is 5.92 Å². The van der Waals surface area contributed by atoms with Crippen molar-refractivity contribution in [2.24, 2.45) is 5.92 Å². The monoisotopic (exact) mass is 519 g/mol. The number of alkyl halides is 6. The quantitative estimate of drug-likeness (QED) is 0.425. The molecule has 0 spiro atoms. The average Bonchev–Trinajstić information content (AvgIpc) is 2.82. The summed E-state index contributed by atoms with van der Waals surface area (Å²) in [7, 11) is 0. The molecule has 0 aromatic heterocycles. The number of halogens is 6. The summed E-state index contributed by atoms with van der Waals surface area (Å²) in [6, 6.07) is 10.6. The zero-order valence-corrected chi connectivity index (χ0v) is 19.5. The Labute approximate surface area is 204 Å². The van der Waals surface area contributed by atoms with E-state index >= 15 is 0 Å². The van der Waals surface area contributed by atoms with Crippen molar-refractivity contribution in [2.75, 3.05) is 26.3 Å². The van der Waals surface area contributed by atoms with Crippen molar-refractivity contribution in [2.45, 2.75) is 44.4 Å².